The van der Waals surface area contributed by atoms with Crippen molar-refractivity contribution >= 4 is 11.5 Å². The second-order valence-electron chi connectivity index (χ2n) is 5.25. The summed E-state index contributed by atoms with van der Waals surface area (Å²) in [6.45, 7) is 3.71. The molecule has 0 unspecified atom stereocenters. The molecular formula is C18H17FN2O3. The minimum atomic E-state index is -0.554. The maximum Gasteiger partial charge on any atom is 0.342 e. The normalized spacial score (nSPS) is 10.8. The summed E-state index contributed by atoms with van der Waals surface area (Å²) in [5.41, 5.74) is 1.46. The lowest BCUT2D eigenvalue weighted by atomic mass is 10.2. The Morgan fingerprint density at radius 3 is 2.71 bits per heavy atom. The standard InChI is InChI=1S/C18H17FN2O3/c1-3-23-18(22)14-9-10-21-16(15(19)12(2)20-21)17(14)24-11-13-7-5-4-6-8-13/h4-10H,3,11H2,1-2H3. The fraction of sp³-hybridized carbons (Fsp3) is 0.222. The van der Waals surface area contributed by atoms with Gasteiger partial charge in [-0.3, -0.25) is 0 Å². The van der Waals surface area contributed by atoms with E-state index >= 15 is 0 Å². The van der Waals surface area contributed by atoms with Crippen LogP contribution in [0.4, 0.5) is 4.39 Å². The van der Waals surface area contributed by atoms with E-state index in [1.807, 2.05) is 30.3 Å². The first-order chi connectivity index (χ1) is 11.6. The number of carbonyl (C=O) groups excluding carboxylic acids is 1. The van der Waals surface area contributed by atoms with Gasteiger partial charge in [-0.05, 0) is 25.5 Å². The van der Waals surface area contributed by atoms with E-state index in [9.17, 15) is 9.18 Å². The van der Waals surface area contributed by atoms with Gasteiger partial charge in [0.05, 0.1) is 12.3 Å². The molecule has 0 bridgehead atoms. The van der Waals surface area contributed by atoms with Crippen molar-refractivity contribution < 1.29 is 18.7 Å². The number of pyridine rings is 1. The molecule has 24 heavy (non-hydrogen) atoms. The van der Waals surface area contributed by atoms with Crippen molar-refractivity contribution in [3.05, 3.63) is 65.2 Å². The molecule has 0 fully saturated rings. The molecule has 0 radical (unpaired) electrons. The molecule has 0 spiro atoms. The molecule has 0 aliphatic carbocycles. The molecule has 0 amide bonds. The van der Waals surface area contributed by atoms with Gasteiger partial charge in [-0.25, -0.2) is 13.7 Å². The van der Waals surface area contributed by atoms with Gasteiger partial charge in [-0.2, -0.15) is 5.10 Å². The SMILES string of the molecule is CCOC(=O)c1ccn2nc(C)c(F)c2c1OCc1ccccc1. The van der Waals surface area contributed by atoms with Crippen LogP contribution in [0.15, 0.2) is 42.6 Å². The molecule has 2 aromatic heterocycles. The van der Waals surface area contributed by atoms with E-state index < -0.39 is 11.8 Å². The number of ether oxygens (including phenoxy) is 2. The van der Waals surface area contributed by atoms with Crippen molar-refractivity contribution in [2.75, 3.05) is 6.61 Å². The number of nitrogens with zero attached hydrogens (tertiary/aromatic N) is 2. The number of hydrogen-bond donors (Lipinski definition) is 0. The van der Waals surface area contributed by atoms with E-state index in [1.54, 1.807) is 13.8 Å². The number of esters is 1. The lowest BCUT2D eigenvalue weighted by molar-refractivity contribution is 0.0521. The third-order valence-corrected chi connectivity index (χ3v) is 3.58. The predicted molar refractivity (Wildman–Crippen MR) is 86.6 cm³/mol. The van der Waals surface area contributed by atoms with Crippen LogP contribution in [-0.2, 0) is 11.3 Å². The van der Waals surface area contributed by atoms with Crippen LogP contribution in [-0.4, -0.2) is 22.2 Å². The molecule has 0 aliphatic heterocycles. The van der Waals surface area contributed by atoms with Gasteiger partial charge in [-0.1, -0.05) is 30.3 Å². The quantitative estimate of drug-likeness (QED) is 0.672. The molecule has 3 aromatic rings. The van der Waals surface area contributed by atoms with E-state index in [0.717, 1.165) is 5.56 Å². The molecular weight excluding hydrogens is 311 g/mol. The van der Waals surface area contributed by atoms with E-state index in [4.69, 9.17) is 9.47 Å². The van der Waals surface area contributed by atoms with Crippen LogP contribution >= 0.6 is 0 Å². The molecule has 0 saturated carbocycles. The van der Waals surface area contributed by atoms with Crippen LogP contribution in [0.5, 0.6) is 5.75 Å². The van der Waals surface area contributed by atoms with Gasteiger partial charge in [-0.15, -0.1) is 0 Å². The Bertz CT molecular complexity index is 875. The third kappa shape index (κ3) is 2.95. The summed E-state index contributed by atoms with van der Waals surface area (Å²) in [5, 5.41) is 4.08. The van der Waals surface area contributed by atoms with Crippen LogP contribution in [0, 0.1) is 12.7 Å². The number of halogens is 1. The summed E-state index contributed by atoms with van der Waals surface area (Å²) in [5.74, 6) is -0.927. The highest BCUT2D eigenvalue weighted by Crippen LogP contribution is 2.30. The van der Waals surface area contributed by atoms with E-state index in [2.05, 4.69) is 5.10 Å². The second-order valence-corrected chi connectivity index (χ2v) is 5.25. The van der Waals surface area contributed by atoms with Gasteiger partial charge in [0.25, 0.3) is 0 Å². The second kappa shape index (κ2) is 6.70. The van der Waals surface area contributed by atoms with E-state index in [0.29, 0.717) is 0 Å². The first-order valence-corrected chi connectivity index (χ1v) is 7.63. The van der Waals surface area contributed by atoms with Crippen molar-refractivity contribution in [2.45, 2.75) is 20.5 Å². The fourth-order valence-electron chi connectivity index (χ4n) is 2.43. The van der Waals surface area contributed by atoms with E-state index in [-0.39, 0.29) is 35.7 Å². The number of carbonyl (C=O) groups is 1. The lowest BCUT2D eigenvalue weighted by Gasteiger charge is -2.12. The molecule has 0 atom stereocenters. The Kier molecular flexibility index (Phi) is 4.46. The molecule has 0 aliphatic rings. The van der Waals surface area contributed by atoms with Crippen LogP contribution in [0.1, 0.15) is 28.5 Å². The van der Waals surface area contributed by atoms with Crippen LogP contribution in [0.25, 0.3) is 5.52 Å². The van der Waals surface area contributed by atoms with Gasteiger partial charge in [0.1, 0.15) is 17.7 Å². The van der Waals surface area contributed by atoms with Crippen molar-refractivity contribution in [3.8, 4) is 5.75 Å². The zero-order valence-electron chi connectivity index (χ0n) is 13.5. The molecule has 5 nitrogen and oxygen atoms in total. The Morgan fingerprint density at radius 1 is 1.25 bits per heavy atom. The predicted octanol–water partition coefficient (Wildman–Crippen LogP) is 3.54. The maximum atomic E-state index is 14.5. The fourth-order valence-corrected chi connectivity index (χ4v) is 2.43. The first kappa shape index (κ1) is 16.0. The van der Waals surface area contributed by atoms with Crippen LogP contribution < -0.4 is 4.74 Å². The Balaban J connectivity index is 2.06. The first-order valence-electron chi connectivity index (χ1n) is 7.63. The average Bonchev–Trinajstić information content (AvgIpc) is 2.88. The zero-order chi connectivity index (χ0) is 17.1. The lowest BCUT2D eigenvalue weighted by Crippen LogP contribution is -2.10. The topological polar surface area (TPSA) is 52.8 Å². The van der Waals surface area contributed by atoms with Gasteiger partial charge in [0.2, 0.25) is 0 Å². The Hall–Kier alpha value is -2.89. The Morgan fingerprint density at radius 2 is 2.00 bits per heavy atom. The highest BCUT2D eigenvalue weighted by atomic mass is 19.1. The molecule has 3 rings (SSSR count). The van der Waals surface area contributed by atoms with Gasteiger partial charge >= 0.3 is 5.97 Å². The average molecular weight is 328 g/mol. The minimum absolute atomic E-state index is 0.133. The van der Waals surface area contributed by atoms with Crippen molar-refractivity contribution in [2.24, 2.45) is 0 Å². The number of benzene rings is 1. The number of hydrogen-bond acceptors (Lipinski definition) is 4. The minimum Gasteiger partial charge on any atom is -0.486 e. The summed E-state index contributed by atoms with van der Waals surface area (Å²) in [4.78, 5) is 12.2. The molecule has 124 valence electrons. The van der Waals surface area contributed by atoms with E-state index in [1.165, 1.54) is 16.8 Å². The molecule has 6 heteroatoms. The zero-order valence-corrected chi connectivity index (χ0v) is 13.5. The summed E-state index contributed by atoms with van der Waals surface area (Å²) in [7, 11) is 0. The largest absolute Gasteiger partial charge is 0.486 e. The van der Waals surface area contributed by atoms with Gasteiger partial charge < -0.3 is 9.47 Å². The van der Waals surface area contributed by atoms with Crippen LogP contribution in [0.3, 0.4) is 0 Å². The monoisotopic (exact) mass is 328 g/mol. The number of aromatic nitrogens is 2. The molecule has 2 heterocycles. The summed E-state index contributed by atoms with van der Waals surface area (Å²) < 4.78 is 26.7. The molecule has 0 N–H and O–H groups in total. The maximum absolute atomic E-state index is 14.5. The highest BCUT2D eigenvalue weighted by molar-refractivity contribution is 5.95. The third-order valence-electron chi connectivity index (χ3n) is 3.58. The number of rotatable bonds is 5. The van der Waals surface area contributed by atoms with Gasteiger partial charge in [0, 0.05) is 6.20 Å². The molecule has 1 aromatic carbocycles. The van der Waals surface area contributed by atoms with Crippen molar-refractivity contribution in [1.82, 2.24) is 9.61 Å². The van der Waals surface area contributed by atoms with Crippen LogP contribution in [0.2, 0.25) is 0 Å². The van der Waals surface area contributed by atoms with Crippen molar-refractivity contribution in [1.29, 1.82) is 0 Å². The highest BCUT2D eigenvalue weighted by Gasteiger charge is 2.22. The molecule has 0 saturated heterocycles. The summed E-state index contributed by atoms with van der Waals surface area (Å²) in [6.07, 6.45) is 1.52. The van der Waals surface area contributed by atoms with Crippen molar-refractivity contribution in [3.63, 3.8) is 0 Å². The number of fused-ring (bicyclic) bond motifs is 1. The Labute approximate surface area is 138 Å². The number of aryl methyl sites for hydroxylation is 1. The smallest absolute Gasteiger partial charge is 0.342 e. The summed E-state index contributed by atoms with van der Waals surface area (Å²) >= 11 is 0. The van der Waals surface area contributed by atoms with Gasteiger partial charge in [0.15, 0.2) is 11.6 Å². The summed E-state index contributed by atoms with van der Waals surface area (Å²) in [6, 6.07) is 11.0.